The topological polar surface area (TPSA) is 75.8 Å². The van der Waals surface area contributed by atoms with Crippen molar-refractivity contribution in [2.24, 2.45) is 0 Å². The summed E-state index contributed by atoms with van der Waals surface area (Å²) in [4.78, 5) is 4.08. The summed E-state index contributed by atoms with van der Waals surface area (Å²) in [5.74, 6) is 0. The molecule has 18 heavy (non-hydrogen) atoms. The molecular formula is C12H11N3O2S. The van der Waals surface area contributed by atoms with E-state index in [1.807, 2.05) is 13.0 Å². The van der Waals surface area contributed by atoms with Gasteiger partial charge in [0.15, 0.2) is 0 Å². The van der Waals surface area contributed by atoms with Gasteiger partial charge in [-0.15, -0.1) is 0 Å². The van der Waals surface area contributed by atoms with Crippen molar-refractivity contribution in [3.05, 3.63) is 48.0 Å². The molecule has 0 N–H and O–H groups in total. The Balaban J connectivity index is 2.41. The maximum Gasteiger partial charge on any atom is 0.268 e. The van der Waals surface area contributed by atoms with Crippen molar-refractivity contribution in [2.75, 3.05) is 0 Å². The van der Waals surface area contributed by atoms with E-state index in [0.29, 0.717) is 5.69 Å². The molecule has 5 nitrogen and oxygen atoms in total. The Morgan fingerprint density at radius 3 is 2.61 bits per heavy atom. The van der Waals surface area contributed by atoms with Crippen molar-refractivity contribution in [3.8, 4) is 6.07 Å². The van der Waals surface area contributed by atoms with Gasteiger partial charge in [-0.3, -0.25) is 0 Å². The minimum atomic E-state index is -3.61. The lowest BCUT2D eigenvalue weighted by molar-refractivity contribution is 0.587. The first-order chi connectivity index (χ1) is 8.54. The van der Waals surface area contributed by atoms with Gasteiger partial charge in [-0.2, -0.15) is 5.26 Å². The molecule has 0 saturated carbocycles. The second kappa shape index (κ2) is 4.63. The Morgan fingerprint density at radius 2 is 2.00 bits per heavy atom. The quantitative estimate of drug-likeness (QED) is 0.839. The van der Waals surface area contributed by atoms with E-state index in [9.17, 15) is 8.42 Å². The standard InChI is InChI=1S/C12H11N3O2S/c1-10-2-4-12(5-3-10)18(16,17)15-8-11(6-7-13)14-9-15/h2-5,8-9H,6H2,1H3. The van der Waals surface area contributed by atoms with Crippen LogP contribution in [0.3, 0.4) is 0 Å². The molecule has 6 heteroatoms. The molecule has 0 aliphatic carbocycles. The summed E-state index contributed by atoms with van der Waals surface area (Å²) in [7, 11) is -3.61. The zero-order valence-corrected chi connectivity index (χ0v) is 10.6. The van der Waals surface area contributed by atoms with Gasteiger partial charge in [0.2, 0.25) is 0 Å². The van der Waals surface area contributed by atoms with Crippen LogP contribution in [0.25, 0.3) is 0 Å². The predicted octanol–water partition coefficient (Wildman–Crippen LogP) is 1.49. The fourth-order valence-electron chi connectivity index (χ4n) is 1.48. The minimum absolute atomic E-state index is 0.0937. The fourth-order valence-corrected chi connectivity index (χ4v) is 2.64. The van der Waals surface area contributed by atoms with Crippen LogP contribution in [0, 0.1) is 18.3 Å². The van der Waals surface area contributed by atoms with Crippen molar-refractivity contribution in [1.82, 2.24) is 8.96 Å². The summed E-state index contributed by atoms with van der Waals surface area (Å²) in [6, 6.07) is 8.50. The number of benzene rings is 1. The average molecular weight is 261 g/mol. The lowest BCUT2D eigenvalue weighted by Crippen LogP contribution is -2.10. The zero-order chi connectivity index (χ0) is 13.2. The number of nitrogens with zero attached hydrogens (tertiary/aromatic N) is 3. The Labute approximate surface area is 105 Å². The van der Waals surface area contributed by atoms with Gasteiger partial charge >= 0.3 is 0 Å². The van der Waals surface area contributed by atoms with Crippen LogP contribution in [-0.4, -0.2) is 17.4 Å². The molecule has 0 aliphatic rings. The normalized spacial score (nSPS) is 11.1. The number of hydrogen-bond donors (Lipinski definition) is 0. The highest BCUT2D eigenvalue weighted by Crippen LogP contribution is 2.14. The molecule has 92 valence electrons. The van der Waals surface area contributed by atoms with Crippen LogP contribution >= 0.6 is 0 Å². The molecule has 0 saturated heterocycles. The molecular weight excluding hydrogens is 250 g/mol. The SMILES string of the molecule is Cc1ccc(S(=O)(=O)n2cnc(CC#N)c2)cc1. The van der Waals surface area contributed by atoms with Gasteiger partial charge in [-0.25, -0.2) is 17.4 Å². The average Bonchev–Trinajstić information content (AvgIpc) is 2.79. The van der Waals surface area contributed by atoms with Crippen LogP contribution in [0.2, 0.25) is 0 Å². The Kier molecular flexibility index (Phi) is 3.17. The molecule has 0 aliphatic heterocycles. The van der Waals surface area contributed by atoms with E-state index in [-0.39, 0.29) is 11.3 Å². The van der Waals surface area contributed by atoms with Crippen molar-refractivity contribution in [3.63, 3.8) is 0 Å². The molecule has 2 rings (SSSR count). The highest BCUT2D eigenvalue weighted by Gasteiger charge is 2.16. The highest BCUT2D eigenvalue weighted by atomic mass is 32.2. The maximum atomic E-state index is 12.2. The van der Waals surface area contributed by atoms with Gasteiger partial charge in [0, 0.05) is 6.20 Å². The van der Waals surface area contributed by atoms with Crippen LogP contribution in [0.4, 0.5) is 0 Å². The molecule has 0 spiro atoms. The van der Waals surface area contributed by atoms with Gasteiger partial charge in [0.1, 0.15) is 6.33 Å². The van der Waals surface area contributed by atoms with Gasteiger partial charge in [-0.05, 0) is 19.1 Å². The third kappa shape index (κ3) is 2.26. The first kappa shape index (κ1) is 12.3. The number of hydrogen-bond acceptors (Lipinski definition) is 4. The first-order valence-corrected chi connectivity index (χ1v) is 6.70. The van der Waals surface area contributed by atoms with Crippen LogP contribution in [0.5, 0.6) is 0 Å². The third-order valence-electron chi connectivity index (χ3n) is 2.47. The smallest absolute Gasteiger partial charge is 0.240 e. The summed E-state index contributed by atoms with van der Waals surface area (Å²) in [6.45, 7) is 1.89. The third-order valence-corrected chi connectivity index (χ3v) is 4.09. The molecule has 2 aromatic rings. The number of imidazole rings is 1. The van der Waals surface area contributed by atoms with Crippen molar-refractivity contribution < 1.29 is 8.42 Å². The van der Waals surface area contributed by atoms with Crippen LogP contribution in [0.15, 0.2) is 41.7 Å². The van der Waals surface area contributed by atoms with Gasteiger partial charge in [0.25, 0.3) is 10.0 Å². The summed E-state index contributed by atoms with van der Waals surface area (Å²) in [5, 5.41) is 8.53. The monoisotopic (exact) mass is 261 g/mol. The molecule has 0 fully saturated rings. The summed E-state index contributed by atoms with van der Waals surface area (Å²) in [6.07, 6.45) is 2.66. The number of aromatic nitrogens is 2. The van der Waals surface area contributed by atoms with Crippen LogP contribution in [0.1, 0.15) is 11.3 Å². The maximum absolute atomic E-state index is 12.2. The van der Waals surface area contributed by atoms with Crippen LogP contribution < -0.4 is 0 Å². The molecule has 1 aromatic carbocycles. The van der Waals surface area contributed by atoms with E-state index in [1.165, 1.54) is 12.5 Å². The largest absolute Gasteiger partial charge is 0.268 e. The van der Waals surface area contributed by atoms with E-state index in [0.717, 1.165) is 9.54 Å². The lowest BCUT2D eigenvalue weighted by atomic mass is 10.2. The first-order valence-electron chi connectivity index (χ1n) is 5.26. The van der Waals surface area contributed by atoms with Gasteiger partial charge in [0.05, 0.1) is 23.1 Å². The number of nitriles is 1. The second-order valence-electron chi connectivity index (χ2n) is 3.85. The van der Waals surface area contributed by atoms with E-state index in [4.69, 9.17) is 5.26 Å². The summed E-state index contributed by atoms with van der Waals surface area (Å²) < 4.78 is 25.4. The number of rotatable bonds is 3. The van der Waals surface area contributed by atoms with E-state index in [1.54, 1.807) is 24.3 Å². The second-order valence-corrected chi connectivity index (χ2v) is 5.69. The van der Waals surface area contributed by atoms with E-state index >= 15 is 0 Å². The molecule has 1 aromatic heterocycles. The minimum Gasteiger partial charge on any atom is -0.240 e. The van der Waals surface area contributed by atoms with Crippen molar-refractivity contribution in [2.45, 2.75) is 18.2 Å². The molecule has 0 bridgehead atoms. The number of aryl methyl sites for hydroxylation is 1. The molecule has 0 amide bonds. The summed E-state index contributed by atoms with van der Waals surface area (Å²) >= 11 is 0. The van der Waals surface area contributed by atoms with Gasteiger partial charge in [-0.1, -0.05) is 17.7 Å². The molecule has 0 atom stereocenters. The van der Waals surface area contributed by atoms with Crippen LogP contribution in [-0.2, 0) is 16.4 Å². The Hall–Kier alpha value is -2.13. The Bertz CT molecular complexity index is 694. The van der Waals surface area contributed by atoms with Crippen molar-refractivity contribution >= 4 is 10.0 Å². The van der Waals surface area contributed by atoms with E-state index < -0.39 is 10.0 Å². The molecule has 1 heterocycles. The van der Waals surface area contributed by atoms with E-state index in [2.05, 4.69) is 4.98 Å². The predicted molar refractivity (Wildman–Crippen MR) is 65.3 cm³/mol. The molecule has 0 radical (unpaired) electrons. The lowest BCUT2D eigenvalue weighted by Gasteiger charge is -2.04. The highest BCUT2D eigenvalue weighted by molar-refractivity contribution is 7.90. The fraction of sp³-hybridized carbons (Fsp3) is 0.167. The molecule has 0 unspecified atom stereocenters. The van der Waals surface area contributed by atoms with Crippen molar-refractivity contribution in [1.29, 1.82) is 5.26 Å². The zero-order valence-electron chi connectivity index (χ0n) is 9.74. The summed E-state index contributed by atoms with van der Waals surface area (Å²) in [5.41, 5.74) is 1.43. The Morgan fingerprint density at radius 1 is 1.33 bits per heavy atom. The van der Waals surface area contributed by atoms with Gasteiger partial charge < -0.3 is 0 Å².